The standard InChI is InChI=1S/C36H30ClN3O7S/c37-27-17-10-18-28(20-27)38-36(44)46-21-26-22-48(45)34-30(39-29(41)19-23-11-4-1-5-12-23)33(42)40(34)31(26)35(43)47-32(24-13-6-2-7-14-24)25-15-8-3-9-16-25/h1-18,20,30,32,34H,19,21-22H2,(H,38,44)(H,39,41)/t30?,34-,48?/m0/s1. The van der Waals surface area contributed by atoms with Crippen molar-refractivity contribution in [3.8, 4) is 0 Å². The van der Waals surface area contributed by atoms with Crippen LogP contribution in [0.4, 0.5) is 10.5 Å². The number of anilines is 1. The largest absolute Gasteiger partial charge is 0.448 e. The van der Waals surface area contributed by atoms with E-state index in [0.29, 0.717) is 21.8 Å². The van der Waals surface area contributed by atoms with Crippen LogP contribution >= 0.6 is 11.6 Å². The van der Waals surface area contributed by atoms with Gasteiger partial charge in [-0.15, -0.1) is 0 Å². The number of nitrogens with zero attached hydrogens (tertiary/aromatic N) is 1. The number of hydrogen-bond donors (Lipinski definition) is 2. The number of hydrogen-bond acceptors (Lipinski definition) is 7. The number of carbonyl (C=O) groups is 4. The van der Waals surface area contributed by atoms with Crippen LogP contribution in [0.2, 0.25) is 5.02 Å². The van der Waals surface area contributed by atoms with E-state index in [-0.39, 0.29) is 23.4 Å². The summed E-state index contributed by atoms with van der Waals surface area (Å²) in [6.07, 6.45) is -1.67. The Hall–Kier alpha value is -5.26. The summed E-state index contributed by atoms with van der Waals surface area (Å²) < 4.78 is 25.1. The topological polar surface area (TPSA) is 131 Å². The van der Waals surface area contributed by atoms with Gasteiger partial charge in [0.15, 0.2) is 6.10 Å². The molecule has 6 rings (SSSR count). The lowest BCUT2D eigenvalue weighted by atomic mass is 10.0. The summed E-state index contributed by atoms with van der Waals surface area (Å²) in [5.74, 6) is -2.12. The summed E-state index contributed by atoms with van der Waals surface area (Å²) in [6, 6.07) is 32.5. The third kappa shape index (κ3) is 7.32. The number of amides is 3. The van der Waals surface area contributed by atoms with Gasteiger partial charge in [-0.1, -0.05) is 109 Å². The van der Waals surface area contributed by atoms with Crippen molar-refractivity contribution in [2.24, 2.45) is 0 Å². The number of benzene rings is 4. The van der Waals surface area contributed by atoms with Crippen LogP contribution in [0.5, 0.6) is 0 Å². The normalized spacial score (nSPS) is 18.4. The van der Waals surface area contributed by atoms with Gasteiger partial charge in [0.25, 0.3) is 5.91 Å². The van der Waals surface area contributed by atoms with Crippen LogP contribution < -0.4 is 10.6 Å². The smallest absolute Gasteiger partial charge is 0.411 e. The molecule has 2 aliphatic heterocycles. The molecule has 4 aromatic carbocycles. The maximum Gasteiger partial charge on any atom is 0.411 e. The van der Waals surface area contributed by atoms with E-state index in [1.165, 1.54) is 6.07 Å². The number of ether oxygens (including phenoxy) is 2. The van der Waals surface area contributed by atoms with Crippen LogP contribution in [0.1, 0.15) is 22.8 Å². The van der Waals surface area contributed by atoms with E-state index in [1.807, 2.05) is 66.7 Å². The minimum atomic E-state index is -1.75. The van der Waals surface area contributed by atoms with Gasteiger partial charge in [-0.3, -0.25) is 24.0 Å². The van der Waals surface area contributed by atoms with Gasteiger partial charge < -0.3 is 14.8 Å². The van der Waals surface area contributed by atoms with Crippen molar-refractivity contribution in [2.45, 2.75) is 23.9 Å². The number of esters is 1. The van der Waals surface area contributed by atoms with Gasteiger partial charge in [-0.25, -0.2) is 9.59 Å². The lowest BCUT2D eigenvalue weighted by Crippen LogP contribution is -2.73. The Labute approximate surface area is 284 Å². The molecule has 12 heteroatoms. The molecule has 10 nitrogen and oxygen atoms in total. The number of fused-ring (bicyclic) bond motifs is 1. The quantitative estimate of drug-likeness (QED) is 0.175. The van der Waals surface area contributed by atoms with Crippen molar-refractivity contribution in [1.82, 2.24) is 10.2 Å². The number of carbonyl (C=O) groups excluding carboxylic acids is 4. The fourth-order valence-corrected chi connectivity index (χ4v) is 7.44. The van der Waals surface area contributed by atoms with Gasteiger partial charge in [0.05, 0.1) is 23.0 Å². The Balaban J connectivity index is 1.27. The summed E-state index contributed by atoms with van der Waals surface area (Å²) >= 11 is 6.01. The zero-order valence-corrected chi connectivity index (χ0v) is 27.0. The van der Waals surface area contributed by atoms with E-state index in [9.17, 15) is 23.4 Å². The van der Waals surface area contributed by atoms with Crippen LogP contribution in [0.25, 0.3) is 0 Å². The summed E-state index contributed by atoms with van der Waals surface area (Å²) in [5, 5.41) is 4.63. The van der Waals surface area contributed by atoms with E-state index >= 15 is 0 Å². The Morgan fingerprint density at radius 2 is 1.50 bits per heavy atom. The van der Waals surface area contributed by atoms with E-state index in [0.717, 1.165) is 10.5 Å². The molecule has 2 heterocycles. The second-order valence-corrected chi connectivity index (χ2v) is 13.1. The molecule has 2 aliphatic rings. The highest BCUT2D eigenvalue weighted by Crippen LogP contribution is 2.37. The second-order valence-electron chi connectivity index (χ2n) is 11.1. The first-order valence-corrected chi connectivity index (χ1v) is 16.8. The molecule has 0 saturated carbocycles. The van der Waals surface area contributed by atoms with Gasteiger partial charge in [0, 0.05) is 16.3 Å². The molecule has 3 amide bonds. The maximum absolute atomic E-state index is 14.1. The highest BCUT2D eigenvalue weighted by atomic mass is 35.5. The average molecular weight is 684 g/mol. The molecule has 48 heavy (non-hydrogen) atoms. The van der Waals surface area contributed by atoms with Crippen LogP contribution in [0.15, 0.2) is 127 Å². The summed E-state index contributed by atoms with van der Waals surface area (Å²) in [5.41, 5.74) is 2.47. The molecule has 3 atom stereocenters. The molecule has 0 spiro atoms. The monoisotopic (exact) mass is 683 g/mol. The number of halogens is 1. The molecular formula is C36H30ClN3O7S. The minimum Gasteiger partial charge on any atom is -0.448 e. The van der Waals surface area contributed by atoms with Gasteiger partial charge in [-0.05, 0) is 34.9 Å². The van der Waals surface area contributed by atoms with E-state index < -0.39 is 58.8 Å². The third-order valence-corrected chi connectivity index (χ3v) is 9.69. The van der Waals surface area contributed by atoms with Crippen LogP contribution in [0.3, 0.4) is 0 Å². The molecule has 2 unspecified atom stereocenters. The first-order chi connectivity index (χ1) is 23.3. The fourth-order valence-electron chi connectivity index (χ4n) is 5.58. The third-order valence-electron chi connectivity index (χ3n) is 7.80. The summed E-state index contributed by atoms with van der Waals surface area (Å²) in [7, 11) is -1.75. The molecule has 4 aromatic rings. The van der Waals surface area contributed by atoms with Crippen LogP contribution in [-0.4, -0.2) is 56.8 Å². The Morgan fingerprint density at radius 3 is 2.12 bits per heavy atom. The second kappa shape index (κ2) is 14.7. The SMILES string of the molecule is O=C(Cc1ccccc1)NC1C(=O)N2C(C(=O)OC(c3ccccc3)c3ccccc3)=C(COC(=O)Nc3cccc(Cl)c3)CS(=O)[C@@H]12. The van der Waals surface area contributed by atoms with Gasteiger partial charge in [-0.2, -0.15) is 0 Å². The number of β-lactam (4-membered cyclic amide) rings is 1. The van der Waals surface area contributed by atoms with Crippen LogP contribution in [-0.2, 0) is 41.1 Å². The van der Waals surface area contributed by atoms with Crippen molar-refractivity contribution in [3.05, 3.63) is 148 Å². The predicted molar refractivity (Wildman–Crippen MR) is 180 cm³/mol. The zero-order valence-electron chi connectivity index (χ0n) is 25.4. The lowest BCUT2D eigenvalue weighted by Gasteiger charge is -2.49. The molecule has 2 N–H and O–H groups in total. The molecule has 0 radical (unpaired) electrons. The average Bonchev–Trinajstić information content (AvgIpc) is 3.09. The molecule has 0 aliphatic carbocycles. The van der Waals surface area contributed by atoms with E-state index in [2.05, 4.69) is 10.6 Å². The van der Waals surface area contributed by atoms with E-state index in [1.54, 1.807) is 42.5 Å². The van der Waals surface area contributed by atoms with Crippen LogP contribution in [0, 0.1) is 0 Å². The van der Waals surface area contributed by atoms with Gasteiger partial charge in [0.2, 0.25) is 5.91 Å². The highest BCUT2D eigenvalue weighted by molar-refractivity contribution is 7.86. The number of nitrogens with one attached hydrogen (secondary N) is 2. The Morgan fingerprint density at radius 1 is 0.875 bits per heavy atom. The first kappa shape index (κ1) is 32.7. The lowest BCUT2D eigenvalue weighted by molar-refractivity contribution is -0.155. The predicted octanol–water partition coefficient (Wildman–Crippen LogP) is 5.13. The molecule has 0 bridgehead atoms. The zero-order chi connectivity index (χ0) is 33.6. The summed E-state index contributed by atoms with van der Waals surface area (Å²) in [6.45, 7) is -0.453. The summed E-state index contributed by atoms with van der Waals surface area (Å²) in [4.78, 5) is 54.4. The first-order valence-electron chi connectivity index (χ1n) is 15.0. The molecule has 0 aromatic heterocycles. The highest BCUT2D eigenvalue weighted by Gasteiger charge is 2.57. The van der Waals surface area contributed by atoms with Gasteiger partial charge in [0.1, 0.15) is 23.7 Å². The van der Waals surface area contributed by atoms with Crippen molar-refractivity contribution in [2.75, 3.05) is 17.7 Å². The van der Waals surface area contributed by atoms with Crippen molar-refractivity contribution in [3.63, 3.8) is 0 Å². The fraction of sp³-hybridized carbons (Fsp3) is 0.167. The van der Waals surface area contributed by atoms with E-state index in [4.69, 9.17) is 21.1 Å². The molecule has 244 valence electrons. The number of rotatable bonds is 10. The Kier molecular flexibility index (Phi) is 9.98. The Bertz CT molecular complexity index is 1850. The van der Waals surface area contributed by atoms with Crippen molar-refractivity contribution >= 4 is 52.0 Å². The van der Waals surface area contributed by atoms with Gasteiger partial charge >= 0.3 is 12.1 Å². The molecular weight excluding hydrogens is 654 g/mol. The van der Waals surface area contributed by atoms with Crippen molar-refractivity contribution < 1.29 is 32.9 Å². The minimum absolute atomic E-state index is 0.0192. The van der Waals surface area contributed by atoms with Crippen molar-refractivity contribution in [1.29, 1.82) is 0 Å². The molecule has 1 fully saturated rings. The maximum atomic E-state index is 14.1. The molecule has 1 saturated heterocycles.